The van der Waals surface area contributed by atoms with Crippen LogP contribution < -0.4 is 0 Å². The predicted octanol–water partition coefficient (Wildman–Crippen LogP) is 2.13. The summed E-state index contributed by atoms with van der Waals surface area (Å²) >= 11 is 0. The van der Waals surface area contributed by atoms with Gasteiger partial charge in [-0.25, -0.2) is 4.20 Å². The number of carbonyl (C=O) groups is 1. The first-order chi connectivity index (χ1) is 7.72. The van der Waals surface area contributed by atoms with Crippen molar-refractivity contribution in [1.29, 1.82) is 0 Å². The lowest BCUT2D eigenvalue weighted by Crippen LogP contribution is -2.45. The summed E-state index contributed by atoms with van der Waals surface area (Å²) in [6.45, 7) is 9.12. The monoisotopic (exact) mass is 244 g/mol. The van der Waals surface area contributed by atoms with Gasteiger partial charge in [0.2, 0.25) is 5.91 Å². The summed E-state index contributed by atoms with van der Waals surface area (Å²) in [4.78, 5) is 13.4. The molecule has 1 rings (SSSR count). The van der Waals surface area contributed by atoms with Crippen LogP contribution in [0.25, 0.3) is 0 Å². The molecule has 1 unspecified atom stereocenters. The summed E-state index contributed by atoms with van der Waals surface area (Å²) < 4.78 is 14.2. The smallest absolute Gasteiger partial charge is 0.246 e. The number of nitrogens with zero attached hydrogens (tertiary/aromatic N) is 2. The maximum absolute atomic E-state index is 12.4. The molecule has 1 amide bonds. The van der Waals surface area contributed by atoms with E-state index in [1.807, 2.05) is 0 Å². The summed E-state index contributed by atoms with van der Waals surface area (Å²) in [6.07, 6.45) is 4.69. The SMILES string of the molecule is C=CCN(C(=O)C=C)C1CCN(PF)CC1. The van der Waals surface area contributed by atoms with Gasteiger partial charge >= 0.3 is 0 Å². The van der Waals surface area contributed by atoms with Crippen molar-refractivity contribution in [2.45, 2.75) is 18.9 Å². The van der Waals surface area contributed by atoms with Gasteiger partial charge < -0.3 is 4.90 Å². The first kappa shape index (κ1) is 13.3. The number of halogens is 1. The van der Waals surface area contributed by atoms with E-state index in [-0.39, 0.29) is 11.9 Å². The molecule has 0 aromatic carbocycles. The van der Waals surface area contributed by atoms with Gasteiger partial charge in [-0.1, -0.05) is 12.7 Å². The maximum Gasteiger partial charge on any atom is 0.246 e. The first-order valence-corrected chi connectivity index (χ1v) is 6.20. The number of carbonyl (C=O) groups excluding carboxylic acids is 1. The average molecular weight is 244 g/mol. The Morgan fingerprint density at radius 3 is 2.56 bits per heavy atom. The molecule has 0 aromatic heterocycles. The summed E-state index contributed by atoms with van der Waals surface area (Å²) in [7, 11) is -0.624. The summed E-state index contributed by atoms with van der Waals surface area (Å²) in [5, 5.41) is 0. The Bertz CT molecular complexity index is 265. The lowest BCUT2D eigenvalue weighted by molar-refractivity contribution is -0.128. The summed E-state index contributed by atoms with van der Waals surface area (Å²) in [5.74, 6) is -0.0685. The molecule has 1 fully saturated rings. The minimum absolute atomic E-state index is 0.0685. The van der Waals surface area contributed by atoms with E-state index in [1.54, 1.807) is 15.6 Å². The third-order valence-electron chi connectivity index (χ3n) is 2.81. The zero-order valence-electron chi connectivity index (χ0n) is 9.36. The molecule has 1 atom stereocenters. The second kappa shape index (κ2) is 6.77. The lowest BCUT2D eigenvalue weighted by Gasteiger charge is -2.36. The van der Waals surface area contributed by atoms with Crippen molar-refractivity contribution in [3.05, 3.63) is 25.3 Å². The summed E-state index contributed by atoms with van der Waals surface area (Å²) in [5.41, 5.74) is 0. The van der Waals surface area contributed by atoms with Crippen LogP contribution in [-0.2, 0) is 4.79 Å². The van der Waals surface area contributed by atoms with Gasteiger partial charge in [0, 0.05) is 25.7 Å². The van der Waals surface area contributed by atoms with Gasteiger partial charge in [-0.05, 0) is 18.9 Å². The van der Waals surface area contributed by atoms with Crippen molar-refractivity contribution in [3.8, 4) is 0 Å². The van der Waals surface area contributed by atoms with Crippen LogP contribution in [0.4, 0.5) is 4.20 Å². The molecule has 0 aromatic rings. The van der Waals surface area contributed by atoms with E-state index in [0.717, 1.165) is 25.9 Å². The van der Waals surface area contributed by atoms with E-state index in [1.165, 1.54) is 6.08 Å². The number of piperidine rings is 1. The molecule has 0 aliphatic carbocycles. The molecule has 0 bridgehead atoms. The third-order valence-corrected chi connectivity index (χ3v) is 3.49. The molecule has 1 aliphatic rings. The van der Waals surface area contributed by atoms with Gasteiger partial charge in [0.25, 0.3) is 0 Å². The van der Waals surface area contributed by atoms with Crippen molar-refractivity contribution in [2.24, 2.45) is 0 Å². The van der Waals surface area contributed by atoms with E-state index in [2.05, 4.69) is 13.2 Å². The van der Waals surface area contributed by atoms with Crippen LogP contribution in [0.2, 0.25) is 0 Å². The van der Waals surface area contributed by atoms with Gasteiger partial charge in [-0.15, -0.1) is 6.58 Å². The van der Waals surface area contributed by atoms with Crippen LogP contribution in [0.1, 0.15) is 12.8 Å². The third kappa shape index (κ3) is 3.39. The molecule has 3 nitrogen and oxygen atoms in total. The van der Waals surface area contributed by atoms with Crippen LogP contribution >= 0.6 is 9.04 Å². The normalized spacial score (nSPS) is 18.8. The molecule has 90 valence electrons. The molecule has 1 saturated heterocycles. The Morgan fingerprint density at radius 1 is 1.50 bits per heavy atom. The number of amides is 1. The van der Waals surface area contributed by atoms with Crippen molar-refractivity contribution in [1.82, 2.24) is 9.57 Å². The zero-order valence-corrected chi connectivity index (χ0v) is 10.4. The van der Waals surface area contributed by atoms with E-state index < -0.39 is 9.04 Å². The highest BCUT2D eigenvalue weighted by Gasteiger charge is 2.25. The van der Waals surface area contributed by atoms with Crippen LogP contribution in [0.3, 0.4) is 0 Å². The van der Waals surface area contributed by atoms with E-state index in [0.29, 0.717) is 6.54 Å². The van der Waals surface area contributed by atoms with Crippen LogP contribution in [-0.4, -0.2) is 41.2 Å². The average Bonchev–Trinajstić information content (AvgIpc) is 2.35. The molecule has 16 heavy (non-hydrogen) atoms. The second-order valence-electron chi connectivity index (χ2n) is 3.79. The zero-order chi connectivity index (χ0) is 12.0. The molecule has 0 N–H and O–H groups in total. The lowest BCUT2D eigenvalue weighted by atomic mass is 10.0. The second-order valence-corrected chi connectivity index (χ2v) is 4.59. The Balaban J connectivity index is 2.56. The molecule has 5 heteroatoms. The molecule has 0 saturated carbocycles. The Kier molecular flexibility index (Phi) is 5.64. The van der Waals surface area contributed by atoms with Crippen molar-refractivity contribution < 1.29 is 8.99 Å². The minimum Gasteiger partial charge on any atom is -0.332 e. The number of rotatable bonds is 5. The van der Waals surface area contributed by atoms with Crippen molar-refractivity contribution in [3.63, 3.8) is 0 Å². The Labute approximate surface area is 97.9 Å². The van der Waals surface area contributed by atoms with Gasteiger partial charge in [-0.3, -0.25) is 9.46 Å². The fourth-order valence-electron chi connectivity index (χ4n) is 1.94. The highest BCUT2D eigenvalue weighted by Crippen LogP contribution is 2.26. The van der Waals surface area contributed by atoms with Crippen LogP contribution in [0, 0.1) is 0 Å². The highest BCUT2D eigenvalue weighted by molar-refractivity contribution is 7.28. The topological polar surface area (TPSA) is 23.6 Å². The first-order valence-electron chi connectivity index (χ1n) is 5.38. The predicted molar refractivity (Wildman–Crippen MR) is 66.1 cm³/mol. The van der Waals surface area contributed by atoms with E-state index in [9.17, 15) is 8.99 Å². The maximum atomic E-state index is 12.4. The molecule has 1 heterocycles. The number of hydrogen-bond acceptors (Lipinski definition) is 2. The highest BCUT2D eigenvalue weighted by atomic mass is 31.1. The van der Waals surface area contributed by atoms with Gasteiger partial charge in [0.15, 0.2) is 0 Å². The molecular formula is C11H18FN2OP. The molecular weight excluding hydrogens is 226 g/mol. The fraction of sp³-hybridized carbons (Fsp3) is 0.545. The van der Waals surface area contributed by atoms with Gasteiger partial charge in [0.1, 0.15) is 9.04 Å². The van der Waals surface area contributed by atoms with E-state index in [4.69, 9.17) is 0 Å². The van der Waals surface area contributed by atoms with Crippen molar-refractivity contribution in [2.75, 3.05) is 19.6 Å². The fourth-order valence-corrected chi connectivity index (χ4v) is 2.36. The van der Waals surface area contributed by atoms with Crippen LogP contribution in [0.5, 0.6) is 0 Å². The largest absolute Gasteiger partial charge is 0.332 e. The van der Waals surface area contributed by atoms with Gasteiger partial charge in [-0.2, -0.15) is 0 Å². The van der Waals surface area contributed by atoms with Gasteiger partial charge in [0.05, 0.1) is 0 Å². The summed E-state index contributed by atoms with van der Waals surface area (Å²) in [6, 6.07) is 0.191. The van der Waals surface area contributed by atoms with Crippen molar-refractivity contribution >= 4 is 14.9 Å². The van der Waals surface area contributed by atoms with Crippen LogP contribution in [0.15, 0.2) is 25.3 Å². The molecule has 0 radical (unpaired) electrons. The standard InChI is InChI=1S/C11H18FN2OP/c1-3-7-14(11(15)4-2)10-5-8-13(16-12)9-6-10/h3-4,10,16H,1-2,5-9H2. The quantitative estimate of drug-likeness (QED) is 0.420. The Hall–Kier alpha value is -0.730. The molecule has 0 spiro atoms. The Morgan fingerprint density at radius 2 is 2.12 bits per heavy atom. The van der Waals surface area contributed by atoms with E-state index >= 15 is 0 Å². The number of hydrogen-bond donors (Lipinski definition) is 0. The molecule has 1 aliphatic heterocycles. The minimum atomic E-state index is -0.624.